The average molecular weight is 266 g/mol. The van der Waals surface area contributed by atoms with Crippen LogP contribution in [0.2, 0.25) is 0 Å². The zero-order chi connectivity index (χ0) is 13.5. The predicted octanol–water partition coefficient (Wildman–Crippen LogP) is 2.18. The zero-order valence-electron chi connectivity index (χ0n) is 11.3. The quantitative estimate of drug-likeness (QED) is 0.768. The van der Waals surface area contributed by atoms with Gasteiger partial charge < -0.3 is 10.5 Å². The Labute approximate surface area is 115 Å². The third kappa shape index (κ3) is 4.72. The Morgan fingerprint density at radius 3 is 2.83 bits per heavy atom. The van der Waals surface area contributed by atoms with E-state index in [-0.39, 0.29) is 0 Å². The molecule has 2 N–H and O–H groups in total. The van der Waals surface area contributed by atoms with Gasteiger partial charge in [0.05, 0.1) is 0 Å². The summed E-state index contributed by atoms with van der Waals surface area (Å²) in [6.45, 7) is 3.89. The number of nitrogens with zero attached hydrogens (tertiary/aromatic N) is 1. The van der Waals surface area contributed by atoms with Crippen LogP contribution in [0, 0.1) is 0 Å². The standard InChI is InChI=1S/C14H22N2OS/c1-11(7-8-17-3)16(2)10-12-5-4-6-13(9-12)14(15)18/h4-6,9,11H,7-8,10H2,1-3H3,(H2,15,18). The lowest BCUT2D eigenvalue weighted by Crippen LogP contribution is -2.29. The number of rotatable bonds is 7. The summed E-state index contributed by atoms with van der Waals surface area (Å²) >= 11 is 4.99. The lowest BCUT2D eigenvalue weighted by Gasteiger charge is -2.24. The van der Waals surface area contributed by atoms with Crippen LogP contribution in [0.3, 0.4) is 0 Å². The Balaban J connectivity index is 2.60. The summed E-state index contributed by atoms with van der Waals surface area (Å²) in [5.41, 5.74) is 7.80. The predicted molar refractivity (Wildman–Crippen MR) is 79.8 cm³/mol. The maximum absolute atomic E-state index is 5.64. The molecule has 1 aromatic carbocycles. The van der Waals surface area contributed by atoms with Gasteiger partial charge >= 0.3 is 0 Å². The molecule has 0 spiro atoms. The molecule has 0 saturated heterocycles. The van der Waals surface area contributed by atoms with E-state index in [1.165, 1.54) is 5.56 Å². The van der Waals surface area contributed by atoms with Gasteiger partial charge in [-0.05, 0) is 32.0 Å². The van der Waals surface area contributed by atoms with Crippen molar-refractivity contribution in [3.8, 4) is 0 Å². The van der Waals surface area contributed by atoms with Crippen LogP contribution in [0.5, 0.6) is 0 Å². The molecule has 0 saturated carbocycles. The van der Waals surface area contributed by atoms with Crippen LogP contribution >= 0.6 is 12.2 Å². The highest BCUT2D eigenvalue weighted by atomic mass is 32.1. The Bertz CT molecular complexity index is 395. The Morgan fingerprint density at radius 2 is 2.22 bits per heavy atom. The molecular formula is C14H22N2OS. The smallest absolute Gasteiger partial charge is 0.103 e. The molecule has 0 aliphatic carbocycles. The number of thiocarbonyl (C=S) groups is 1. The first-order valence-electron chi connectivity index (χ1n) is 6.12. The second kappa shape index (κ2) is 7.46. The van der Waals surface area contributed by atoms with Gasteiger partial charge in [-0.2, -0.15) is 0 Å². The van der Waals surface area contributed by atoms with Crippen LogP contribution < -0.4 is 5.73 Å². The summed E-state index contributed by atoms with van der Waals surface area (Å²) in [5, 5.41) is 0. The minimum Gasteiger partial charge on any atom is -0.389 e. The van der Waals surface area contributed by atoms with Gasteiger partial charge in [-0.25, -0.2) is 0 Å². The van der Waals surface area contributed by atoms with Gasteiger partial charge in [0.25, 0.3) is 0 Å². The van der Waals surface area contributed by atoms with Crippen molar-refractivity contribution in [2.24, 2.45) is 5.73 Å². The highest BCUT2D eigenvalue weighted by Crippen LogP contribution is 2.11. The van der Waals surface area contributed by atoms with Crippen LogP contribution in [-0.2, 0) is 11.3 Å². The normalized spacial score (nSPS) is 12.7. The van der Waals surface area contributed by atoms with E-state index in [0.717, 1.165) is 25.1 Å². The van der Waals surface area contributed by atoms with Gasteiger partial charge in [0.2, 0.25) is 0 Å². The molecule has 0 amide bonds. The van der Waals surface area contributed by atoms with Crippen molar-refractivity contribution < 1.29 is 4.74 Å². The molecule has 100 valence electrons. The van der Waals surface area contributed by atoms with Crippen molar-refractivity contribution in [2.75, 3.05) is 20.8 Å². The van der Waals surface area contributed by atoms with Crippen LogP contribution in [0.15, 0.2) is 24.3 Å². The molecule has 0 aliphatic heterocycles. The minimum absolute atomic E-state index is 0.451. The molecule has 0 aromatic heterocycles. The first-order valence-corrected chi connectivity index (χ1v) is 6.53. The maximum atomic E-state index is 5.64. The fraction of sp³-hybridized carbons (Fsp3) is 0.500. The number of hydrogen-bond acceptors (Lipinski definition) is 3. The van der Waals surface area contributed by atoms with Gasteiger partial charge in [0.15, 0.2) is 0 Å². The maximum Gasteiger partial charge on any atom is 0.103 e. The highest BCUT2D eigenvalue weighted by molar-refractivity contribution is 7.80. The molecule has 3 nitrogen and oxygen atoms in total. The largest absolute Gasteiger partial charge is 0.389 e. The number of methoxy groups -OCH3 is 1. The molecule has 1 unspecified atom stereocenters. The van der Waals surface area contributed by atoms with E-state index >= 15 is 0 Å². The number of benzene rings is 1. The molecule has 0 fully saturated rings. The van der Waals surface area contributed by atoms with Crippen LogP contribution in [-0.4, -0.2) is 36.7 Å². The monoisotopic (exact) mass is 266 g/mol. The van der Waals surface area contributed by atoms with Crippen molar-refractivity contribution in [2.45, 2.75) is 25.9 Å². The van der Waals surface area contributed by atoms with E-state index in [9.17, 15) is 0 Å². The van der Waals surface area contributed by atoms with Crippen molar-refractivity contribution in [3.63, 3.8) is 0 Å². The van der Waals surface area contributed by atoms with Gasteiger partial charge in [-0.3, -0.25) is 4.90 Å². The van der Waals surface area contributed by atoms with E-state index < -0.39 is 0 Å². The SMILES string of the molecule is COCCC(C)N(C)Cc1cccc(C(N)=S)c1. The van der Waals surface area contributed by atoms with E-state index in [2.05, 4.69) is 31.0 Å². The summed E-state index contributed by atoms with van der Waals surface area (Å²) in [5.74, 6) is 0. The topological polar surface area (TPSA) is 38.5 Å². The van der Waals surface area contributed by atoms with E-state index in [1.807, 2.05) is 12.1 Å². The summed E-state index contributed by atoms with van der Waals surface area (Å²) in [7, 11) is 3.85. The van der Waals surface area contributed by atoms with Crippen molar-refractivity contribution in [1.82, 2.24) is 4.90 Å². The van der Waals surface area contributed by atoms with Crippen molar-refractivity contribution >= 4 is 17.2 Å². The van der Waals surface area contributed by atoms with Crippen LogP contribution in [0.4, 0.5) is 0 Å². The van der Waals surface area contributed by atoms with Gasteiger partial charge in [0.1, 0.15) is 4.99 Å². The fourth-order valence-corrected chi connectivity index (χ4v) is 1.90. The second-order valence-corrected chi connectivity index (χ2v) is 5.05. The third-order valence-electron chi connectivity index (χ3n) is 3.14. The third-order valence-corrected chi connectivity index (χ3v) is 3.37. The summed E-state index contributed by atoms with van der Waals surface area (Å²) in [6, 6.07) is 8.58. The number of ether oxygens (including phenoxy) is 1. The summed E-state index contributed by atoms with van der Waals surface area (Å²) in [6.07, 6.45) is 1.03. The van der Waals surface area contributed by atoms with E-state index in [4.69, 9.17) is 22.7 Å². The van der Waals surface area contributed by atoms with Gasteiger partial charge in [-0.1, -0.05) is 30.4 Å². The Hall–Kier alpha value is -0.970. The lowest BCUT2D eigenvalue weighted by atomic mass is 10.1. The van der Waals surface area contributed by atoms with Gasteiger partial charge in [0, 0.05) is 31.9 Å². The van der Waals surface area contributed by atoms with Crippen LogP contribution in [0.1, 0.15) is 24.5 Å². The molecule has 4 heteroatoms. The molecular weight excluding hydrogens is 244 g/mol. The fourth-order valence-electron chi connectivity index (χ4n) is 1.78. The zero-order valence-corrected chi connectivity index (χ0v) is 12.2. The second-order valence-electron chi connectivity index (χ2n) is 4.61. The summed E-state index contributed by atoms with van der Waals surface area (Å²) in [4.78, 5) is 2.75. The van der Waals surface area contributed by atoms with E-state index in [1.54, 1.807) is 7.11 Å². The number of nitrogens with two attached hydrogens (primary N) is 1. The van der Waals surface area contributed by atoms with Crippen molar-refractivity contribution in [1.29, 1.82) is 0 Å². The van der Waals surface area contributed by atoms with Crippen LogP contribution in [0.25, 0.3) is 0 Å². The molecule has 1 rings (SSSR count). The molecule has 18 heavy (non-hydrogen) atoms. The molecule has 1 aromatic rings. The molecule has 0 heterocycles. The lowest BCUT2D eigenvalue weighted by molar-refractivity contribution is 0.150. The summed E-state index contributed by atoms with van der Waals surface area (Å²) < 4.78 is 5.10. The first-order chi connectivity index (χ1) is 8.54. The average Bonchev–Trinajstić information content (AvgIpc) is 2.36. The Kier molecular flexibility index (Phi) is 6.25. The van der Waals surface area contributed by atoms with Gasteiger partial charge in [-0.15, -0.1) is 0 Å². The molecule has 0 aliphatic rings. The highest BCUT2D eigenvalue weighted by Gasteiger charge is 2.09. The number of hydrogen-bond donors (Lipinski definition) is 1. The van der Waals surface area contributed by atoms with E-state index in [0.29, 0.717) is 11.0 Å². The molecule has 0 radical (unpaired) electrons. The molecule has 1 atom stereocenters. The first kappa shape index (κ1) is 15.1. The molecule has 0 bridgehead atoms. The Morgan fingerprint density at radius 1 is 1.50 bits per heavy atom. The minimum atomic E-state index is 0.451. The van der Waals surface area contributed by atoms with Crippen molar-refractivity contribution in [3.05, 3.63) is 35.4 Å².